The van der Waals surface area contributed by atoms with E-state index in [0.717, 1.165) is 67.4 Å². The molecule has 0 radical (unpaired) electrons. The summed E-state index contributed by atoms with van der Waals surface area (Å²) < 4.78 is 0. The quantitative estimate of drug-likeness (QED) is 0.933. The van der Waals surface area contributed by atoms with Crippen molar-refractivity contribution in [3.8, 4) is 0 Å². The maximum absolute atomic E-state index is 12.7. The Hall–Kier alpha value is -0.940. The first-order valence-corrected chi connectivity index (χ1v) is 8.91. The monoisotopic (exact) mass is 307 g/mol. The molecule has 3 heterocycles. The highest BCUT2D eigenvalue weighted by Crippen LogP contribution is 2.37. The lowest BCUT2D eigenvalue weighted by Crippen LogP contribution is -2.44. The number of amides is 1. The van der Waals surface area contributed by atoms with Crippen LogP contribution in [-0.4, -0.2) is 42.0 Å². The van der Waals surface area contributed by atoms with Crippen molar-refractivity contribution >= 4 is 17.2 Å². The molecule has 2 saturated heterocycles. The summed E-state index contributed by atoms with van der Waals surface area (Å²) >= 11 is 1.59. The summed E-state index contributed by atoms with van der Waals surface area (Å²) in [4.78, 5) is 20.2. The van der Waals surface area contributed by atoms with E-state index in [0.29, 0.717) is 5.41 Å². The van der Waals surface area contributed by atoms with E-state index in [1.54, 1.807) is 11.3 Å². The van der Waals surface area contributed by atoms with Crippen molar-refractivity contribution in [1.29, 1.82) is 0 Å². The van der Waals surface area contributed by atoms with Gasteiger partial charge in [0.1, 0.15) is 4.88 Å². The van der Waals surface area contributed by atoms with Crippen LogP contribution in [0, 0.1) is 12.3 Å². The van der Waals surface area contributed by atoms with Gasteiger partial charge in [-0.05, 0) is 51.0 Å². The predicted molar refractivity (Wildman–Crippen MR) is 85.9 cm³/mol. The molecule has 1 amide bonds. The highest BCUT2D eigenvalue weighted by Gasteiger charge is 2.38. The maximum Gasteiger partial charge on any atom is 0.265 e. The van der Waals surface area contributed by atoms with E-state index >= 15 is 0 Å². The Kier molecular flexibility index (Phi) is 4.31. The lowest BCUT2D eigenvalue weighted by molar-refractivity contribution is 0.0611. The third kappa shape index (κ3) is 2.99. The average molecular weight is 307 g/mol. The minimum atomic E-state index is 0.202. The molecule has 2 aliphatic heterocycles. The van der Waals surface area contributed by atoms with Gasteiger partial charge in [0.05, 0.1) is 10.7 Å². The summed E-state index contributed by atoms with van der Waals surface area (Å²) in [6.45, 7) is 8.20. The number of aromatic nitrogens is 1. The van der Waals surface area contributed by atoms with Crippen molar-refractivity contribution in [3.63, 3.8) is 0 Å². The smallest absolute Gasteiger partial charge is 0.265 e. The van der Waals surface area contributed by atoms with Crippen LogP contribution in [0.4, 0.5) is 0 Å². The van der Waals surface area contributed by atoms with Crippen molar-refractivity contribution in [2.24, 2.45) is 5.41 Å². The minimum Gasteiger partial charge on any atom is -0.338 e. The van der Waals surface area contributed by atoms with Gasteiger partial charge in [-0.2, -0.15) is 0 Å². The normalized spacial score (nSPS) is 21.1. The second kappa shape index (κ2) is 6.05. The number of likely N-dealkylation sites (tertiary alicyclic amines) is 1. The number of carbonyl (C=O) groups is 1. The number of hydrogen-bond acceptors (Lipinski definition) is 4. The number of nitrogens with one attached hydrogen (secondary N) is 1. The molecular formula is C16H25N3OS. The Balaban J connectivity index is 1.66. The molecule has 0 saturated carbocycles. The van der Waals surface area contributed by atoms with Crippen LogP contribution in [0.2, 0.25) is 0 Å². The fourth-order valence-corrected chi connectivity index (χ4v) is 4.66. The van der Waals surface area contributed by atoms with Gasteiger partial charge < -0.3 is 10.2 Å². The van der Waals surface area contributed by atoms with Gasteiger partial charge in [0.2, 0.25) is 0 Å². The van der Waals surface area contributed by atoms with Gasteiger partial charge in [0.15, 0.2) is 0 Å². The van der Waals surface area contributed by atoms with Crippen LogP contribution >= 0.6 is 11.3 Å². The van der Waals surface area contributed by atoms with E-state index in [4.69, 9.17) is 0 Å². The fraction of sp³-hybridized carbons (Fsp3) is 0.750. The summed E-state index contributed by atoms with van der Waals surface area (Å²) in [5, 5.41) is 4.58. The van der Waals surface area contributed by atoms with E-state index in [1.807, 2.05) is 11.8 Å². The van der Waals surface area contributed by atoms with Crippen LogP contribution in [-0.2, 0) is 6.42 Å². The molecule has 1 aromatic heterocycles. The number of rotatable bonds is 3. The first-order valence-electron chi connectivity index (χ1n) is 8.10. The fourth-order valence-electron chi connectivity index (χ4n) is 3.52. The number of piperidine rings is 1. The van der Waals surface area contributed by atoms with E-state index in [1.165, 1.54) is 6.42 Å². The van der Waals surface area contributed by atoms with E-state index in [-0.39, 0.29) is 5.91 Å². The molecule has 4 nitrogen and oxygen atoms in total. The Morgan fingerprint density at radius 1 is 1.38 bits per heavy atom. The van der Waals surface area contributed by atoms with Gasteiger partial charge in [-0.3, -0.25) is 4.79 Å². The summed E-state index contributed by atoms with van der Waals surface area (Å²) in [5.74, 6) is 0.202. The standard InChI is InChI=1S/C16H25N3OS/c1-3-4-13-18-12(2)14(21-13)15(20)19-9-6-16(7-10-19)5-8-17-11-16/h17H,3-11H2,1-2H3. The van der Waals surface area contributed by atoms with Crippen LogP contribution < -0.4 is 5.32 Å². The first-order chi connectivity index (χ1) is 10.1. The van der Waals surface area contributed by atoms with Crippen LogP contribution in [0.15, 0.2) is 0 Å². The van der Waals surface area contributed by atoms with Crippen molar-refractivity contribution in [2.45, 2.75) is 46.0 Å². The van der Waals surface area contributed by atoms with Gasteiger partial charge in [0, 0.05) is 19.6 Å². The molecule has 116 valence electrons. The maximum atomic E-state index is 12.7. The van der Waals surface area contributed by atoms with Gasteiger partial charge in [-0.1, -0.05) is 6.92 Å². The molecule has 0 aromatic carbocycles. The molecule has 3 rings (SSSR count). The van der Waals surface area contributed by atoms with Gasteiger partial charge in [-0.15, -0.1) is 11.3 Å². The first kappa shape index (κ1) is 15.0. The third-order valence-corrected chi connectivity index (χ3v) is 6.15. The van der Waals surface area contributed by atoms with Crippen LogP contribution in [0.3, 0.4) is 0 Å². The summed E-state index contributed by atoms with van der Waals surface area (Å²) in [6.07, 6.45) is 5.62. The number of aryl methyl sites for hydroxylation is 2. The molecule has 5 heteroatoms. The SMILES string of the molecule is CCCc1nc(C)c(C(=O)N2CCC3(CCNC3)CC2)s1. The number of nitrogens with zero attached hydrogens (tertiary/aromatic N) is 2. The Bertz CT molecular complexity index is 510. The summed E-state index contributed by atoms with van der Waals surface area (Å²) in [6, 6.07) is 0. The Labute approximate surface area is 130 Å². The largest absolute Gasteiger partial charge is 0.338 e. The molecule has 1 spiro atoms. The Morgan fingerprint density at radius 3 is 2.76 bits per heavy atom. The van der Waals surface area contributed by atoms with Crippen molar-refractivity contribution < 1.29 is 4.79 Å². The highest BCUT2D eigenvalue weighted by atomic mass is 32.1. The minimum absolute atomic E-state index is 0.202. The zero-order valence-electron chi connectivity index (χ0n) is 13.1. The number of carbonyl (C=O) groups excluding carboxylic acids is 1. The van der Waals surface area contributed by atoms with Crippen LogP contribution in [0.5, 0.6) is 0 Å². The number of thiazole rings is 1. The van der Waals surface area contributed by atoms with Gasteiger partial charge in [-0.25, -0.2) is 4.98 Å². The summed E-state index contributed by atoms with van der Waals surface area (Å²) in [5.41, 5.74) is 1.38. The molecule has 1 aromatic rings. The highest BCUT2D eigenvalue weighted by molar-refractivity contribution is 7.13. The van der Waals surface area contributed by atoms with Crippen LogP contribution in [0.25, 0.3) is 0 Å². The van der Waals surface area contributed by atoms with Crippen LogP contribution in [0.1, 0.15) is 53.0 Å². The lowest BCUT2D eigenvalue weighted by atomic mass is 9.78. The Morgan fingerprint density at radius 2 is 2.14 bits per heavy atom. The van der Waals surface area contributed by atoms with E-state index in [9.17, 15) is 4.79 Å². The topological polar surface area (TPSA) is 45.2 Å². The number of hydrogen-bond donors (Lipinski definition) is 1. The molecule has 21 heavy (non-hydrogen) atoms. The molecule has 0 atom stereocenters. The van der Waals surface area contributed by atoms with Crippen molar-refractivity contribution in [1.82, 2.24) is 15.2 Å². The lowest BCUT2D eigenvalue weighted by Gasteiger charge is -2.38. The molecule has 2 aliphatic rings. The average Bonchev–Trinajstić information content (AvgIpc) is 3.07. The zero-order valence-corrected chi connectivity index (χ0v) is 13.9. The summed E-state index contributed by atoms with van der Waals surface area (Å²) in [7, 11) is 0. The molecule has 0 aliphatic carbocycles. The van der Waals surface area contributed by atoms with Crippen molar-refractivity contribution in [2.75, 3.05) is 26.2 Å². The molecule has 0 unspecified atom stereocenters. The second-order valence-corrected chi connectivity index (χ2v) is 7.57. The molecule has 0 bridgehead atoms. The molecular weight excluding hydrogens is 282 g/mol. The van der Waals surface area contributed by atoms with Gasteiger partial charge >= 0.3 is 0 Å². The van der Waals surface area contributed by atoms with E-state index in [2.05, 4.69) is 17.2 Å². The zero-order chi connectivity index (χ0) is 14.9. The predicted octanol–water partition coefficient (Wildman–Crippen LogP) is 2.62. The molecule has 1 N–H and O–H groups in total. The van der Waals surface area contributed by atoms with Crippen molar-refractivity contribution in [3.05, 3.63) is 15.6 Å². The van der Waals surface area contributed by atoms with Gasteiger partial charge in [0.25, 0.3) is 5.91 Å². The second-order valence-electron chi connectivity index (χ2n) is 6.49. The third-order valence-electron chi connectivity index (χ3n) is 4.94. The molecule has 2 fully saturated rings. The van der Waals surface area contributed by atoms with E-state index < -0.39 is 0 Å².